The molecule has 0 atom stereocenters. The maximum atomic E-state index is 10.8. The maximum absolute atomic E-state index is 10.8. The Morgan fingerprint density at radius 3 is 3.09 bits per heavy atom. The lowest BCUT2D eigenvalue weighted by Crippen LogP contribution is -2.02. The van der Waals surface area contributed by atoms with E-state index in [9.17, 15) is 4.79 Å². The molecule has 0 aliphatic rings. The zero-order valence-corrected chi connectivity index (χ0v) is 6.00. The van der Waals surface area contributed by atoms with E-state index < -0.39 is 0 Å². The monoisotopic (exact) mass is 151 g/mol. The summed E-state index contributed by atoms with van der Waals surface area (Å²) >= 11 is 0. The lowest BCUT2D eigenvalue weighted by molar-refractivity contribution is 0.461. The van der Waals surface area contributed by atoms with Gasteiger partial charge in [-0.05, 0) is 0 Å². The van der Waals surface area contributed by atoms with E-state index in [-0.39, 0.29) is 11.2 Å². The van der Waals surface area contributed by atoms with Crippen molar-refractivity contribution in [2.24, 2.45) is 0 Å². The van der Waals surface area contributed by atoms with Gasteiger partial charge in [0.25, 0.3) is 0 Å². The van der Waals surface area contributed by atoms with Crippen LogP contribution in [-0.2, 0) is 6.42 Å². The average Bonchev–Trinajstić information content (AvgIpc) is 1.99. The highest BCUT2D eigenvalue weighted by molar-refractivity contribution is 5.26. The number of pyridine rings is 1. The van der Waals surface area contributed by atoms with E-state index in [4.69, 9.17) is 5.11 Å². The number of allylic oxidation sites excluding steroid dienone is 1. The summed E-state index contributed by atoms with van der Waals surface area (Å²) in [6.07, 6.45) is 3.59. The van der Waals surface area contributed by atoms with Crippen molar-refractivity contribution in [3.63, 3.8) is 0 Å². The van der Waals surface area contributed by atoms with Gasteiger partial charge in [0.05, 0.1) is 5.69 Å². The van der Waals surface area contributed by atoms with E-state index in [0.29, 0.717) is 12.1 Å². The van der Waals surface area contributed by atoms with Gasteiger partial charge in [0.1, 0.15) is 0 Å². The smallest absolute Gasteiger partial charge is 0.223 e. The second-order valence-corrected chi connectivity index (χ2v) is 2.16. The first-order valence-electron chi connectivity index (χ1n) is 3.26. The summed E-state index contributed by atoms with van der Waals surface area (Å²) in [5.41, 5.74) is 0.146. The standard InChI is InChI=1S/C8H9NO2/c1-2-3-6-8(11)7(10)4-5-9-6/h2,4-5,11H,1,3H2,(H,9,10). The summed E-state index contributed by atoms with van der Waals surface area (Å²) in [5.74, 6) is -0.215. The summed E-state index contributed by atoms with van der Waals surface area (Å²) in [6, 6.07) is 1.28. The minimum Gasteiger partial charge on any atom is -0.503 e. The van der Waals surface area contributed by atoms with Crippen LogP contribution in [0.25, 0.3) is 0 Å². The predicted octanol–water partition coefficient (Wildman–Crippen LogP) is 0.809. The van der Waals surface area contributed by atoms with Gasteiger partial charge < -0.3 is 10.1 Å². The number of rotatable bonds is 2. The van der Waals surface area contributed by atoms with Crippen LogP contribution < -0.4 is 5.43 Å². The Kier molecular flexibility index (Phi) is 2.11. The van der Waals surface area contributed by atoms with Crippen molar-refractivity contribution in [2.45, 2.75) is 6.42 Å². The third-order valence-corrected chi connectivity index (χ3v) is 1.36. The summed E-state index contributed by atoms with van der Waals surface area (Å²) in [7, 11) is 0. The zero-order chi connectivity index (χ0) is 8.27. The molecule has 3 nitrogen and oxygen atoms in total. The zero-order valence-electron chi connectivity index (χ0n) is 6.00. The summed E-state index contributed by atoms with van der Waals surface area (Å²) < 4.78 is 0. The predicted molar refractivity (Wildman–Crippen MR) is 42.6 cm³/mol. The number of hydrogen-bond acceptors (Lipinski definition) is 2. The van der Waals surface area contributed by atoms with Gasteiger partial charge in [0, 0.05) is 18.7 Å². The molecule has 0 spiro atoms. The molecule has 58 valence electrons. The van der Waals surface area contributed by atoms with E-state index in [1.165, 1.54) is 12.3 Å². The molecule has 0 bridgehead atoms. The van der Waals surface area contributed by atoms with Gasteiger partial charge in [-0.15, -0.1) is 6.58 Å². The Balaban J connectivity index is 3.16. The van der Waals surface area contributed by atoms with E-state index in [1.54, 1.807) is 6.08 Å². The van der Waals surface area contributed by atoms with E-state index in [1.807, 2.05) is 0 Å². The van der Waals surface area contributed by atoms with Crippen molar-refractivity contribution >= 4 is 0 Å². The highest BCUT2D eigenvalue weighted by atomic mass is 16.3. The van der Waals surface area contributed by atoms with Crippen molar-refractivity contribution < 1.29 is 5.11 Å². The van der Waals surface area contributed by atoms with Crippen LogP contribution in [0.1, 0.15) is 5.69 Å². The molecule has 3 heteroatoms. The highest BCUT2D eigenvalue weighted by Crippen LogP contribution is 2.06. The molecule has 1 rings (SSSR count). The van der Waals surface area contributed by atoms with Gasteiger partial charge in [0.2, 0.25) is 5.43 Å². The topological polar surface area (TPSA) is 53.1 Å². The highest BCUT2D eigenvalue weighted by Gasteiger charge is 2.00. The first kappa shape index (κ1) is 7.60. The fraction of sp³-hybridized carbons (Fsp3) is 0.125. The minimum absolute atomic E-state index is 0.215. The van der Waals surface area contributed by atoms with E-state index >= 15 is 0 Å². The van der Waals surface area contributed by atoms with Crippen LogP contribution in [0, 0.1) is 0 Å². The average molecular weight is 151 g/mol. The Morgan fingerprint density at radius 2 is 2.45 bits per heavy atom. The van der Waals surface area contributed by atoms with Gasteiger partial charge in [-0.2, -0.15) is 0 Å². The van der Waals surface area contributed by atoms with E-state index in [0.717, 1.165) is 0 Å². The van der Waals surface area contributed by atoms with Crippen LogP contribution in [0.5, 0.6) is 5.75 Å². The molecule has 0 aliphatic carbocycles. The first-order chi connectivity index (χ1) is 5.25. The number of H-pyrrole nitrogens is 1. The Morgan fingerprint density at radius 1 is 1.73 bits per heavy atom. The van der Waals surface area contributed by atoms with Crippen LogP contribution in [0.3, 0.4) is 0 Å². The summed E-state index contributed by atoms with van der Waals surface area (Å²) in [5, 5.41) is 9.14. The molecule has 0 fully saturated rings. The van der Waals surface area contributed by atoms with Gasteiger partial charge in [-0.25, -0.2) is 0 Å². The van der Waals surface area contributed by atoms with Crippen molar-refractivity contribution in [2.75, 3.05) is 0 Å². The maximum Gasteiger partial charge on any atom is 0.223 e. The fourth-order valence-corrected chi connectivity index (χ4v) is 0.814. The largest absolute Gasteiger partial charge is 0.503 e. The lowest BCUT2D eigenvalue weighted by Gasteiger charge is -1.98. The fourth-order valence-electron chi connectivity index (χ4n) is 0.814. The normalized spacial score (nSPS) is 9.45. The Labute approximate surface area is 64.0 Å². The number of hydrogen-bond donors (Lipinski definition) is 2. The number of aromatic amines is 1. The first-order valence-corrected chi connectivity index (χ1v) is 3.26. The van der Waals surface area contributed by atoms with Crippen LogP contribution in [0.4, 0.5) is 0 Å². The van der Waals surface area contributed by atoms with Gasteiger partial charge >= 0.3 is 0 Å². The molecule has 1 heterocycles. The lowest BCUT2D eigenvalue weighted by atomic mass is 10.2. The molecular formula is C8H9NO2. The molecular weight excluding hydrogens is 142 g/mol. The van der Waals surface area contributed by atoms with Crippen LogP contribution in [-0.4, -0.2) is 10.1 Å². The third-order valence-electron chi connectivity index (χ3n) is 1.36. The van der Waals surface area contributed by atoms with Crippen molar-refractivity contribution in [3.05, 3.63) is 40.8 Å². The molecule has 0 unspecified atom stereocenters. The van der Waals surface area contributed by atoms with Gasteiger partial charge in [0.15, 0.2) is 5.75 Å². The van der Waals surface area contributed by atoms with Crippen LogP contribution in [0.15, 0.2) is 29.7 Å². The molecule has 1 aromatic rings. The quantitative estimate of drug-likeness (QED) is 0.614. The van der Waals surface area contributed by atoms with Gasteiger partial charge in [-0.1, -0.05) is 6.08 Å². The molecule has 0 saturated heterocycles. The molecule has 0 saturated carbocycles. The molecule has 0 radical (unpaired) electrons. The second-order valence-electron chi connectivity index (χ2n) is 2.16. The molecule has 2 N–H and O–H groups in total. The second kappa shape index (κ2) is 3.05. The van der Waals surface area contributed by atoms with Crippen LogP contribution >= 0.6 is 0 Å². The molecule has 11 heavy (non-hydrogen) atoms. The van der Waals surface area contributed by atoms with Crippen molar-refractivity contribution in [3.8, 4) is 5.75 Å². The van der Waals surface area contributed by atoms with Gasteiger partial charge in [-0.3, -0.25) is 4.79 Å². The Bertz CT molecular complexity index is 314. The van der Waals surface area contributed by atoms with Crippen molar-refractivity contribution in [1.29, 1.82) is 0 Å². The number of aromatic nitrogens is 1. The Hall–Kier alpha value is -1.51. The van der Waals surface area contributed by atoms with Crippen molar-refractivity contribution in [1.82, 2.24) is 4.98 Å². The molecule has 0 aliphatic heterocycles. The minimum atomic E-state index is -0.361. The SMILES string of the molecule is C=CCc1[nH]ccc(=O)c1O. The third kappa shape index (κ3) is 1.49. The summed E-state index contributed by atoms with van der Waals surface area (Å²) in [4.78, 5) is 13.6. The molecule has 0 amide bonds. The van der Waals surface area contributed by atoms with Crippen LogP contribution in [0.2, 0.25) is 0 Å². The summed E-state index contributed by atoms with van der Waals surface area (Å²) in [6.45, 7) is 3.49. The molecule has 0 aromatic carbocycles. The van der Waals surface area contributed by atoms with E-state index in [2.05, 4.69) is 11.6 Å². The molecule has 1 aromatic heterocycles. The number of nitrogens with one attached hydrogen (secondary N) is 1. The number of aromatic hydroxyl groups is 1.